The molecule has 0 saturated carbocycles. The molecule has 4 aromatic carbocycles. The molecule has 0 fully saturated rings. The van der Waals surface area contributed by atoms with Gasteiger partial charge in [0.1, 0.15) is 12.4 Å². The summed E-state index contributed by atoms with van der Waals surface area (Å²) in [5, 5.41) is 10.5. The Morgan fingerprint density at radius 1 is 0.879 bits per heavy atom. The average Bonchev–Trinajstić information content (AvgIpc) is 2.84. The number of carbonyl (C=O) groups is 1. The highest BCUT2D eigenvalue weighted by Gasteiger charge is 2.08. The van der Waals surface area contributed by atoms with Crippen molar-refractivity contribution in [3.05, 3.63) is 106 Å². The van der Waals surface area contributed by atoms with Crippen molar-refractivity contribution < 1.29 is 9.53 Å². The number of anilines is 1. The van der Waals surface area contributed by atoms with Crippen molar-refractivity contribution >= 4 is 51.8 Å². The highest BCUT2D eigenvalue weighted by atomic mass is 35.5. The maximum absolute atomic E-state index is 12.2. The average molecular weight is 478 g/mol. The van der Waals surface area contributed by atoms with E-state index in [1.54, 1.807) is 30.5 Å². The largest absolute Gasteiger partial charge is 0.488 e. The Morgan fingerprint density at radius 2 is 1.58 bits per heavy atom. The molecule has 0 bridgehead atoms. The van der Waals surface area contributed by atoms with E-state index in [9.17, 15) is 4.79 Å². The quantitative estimate of drug-likeness (QED) is 0.231. The van der Waals surface area contributed by atoms with Crippen molar-refractivity contribution in [1.29, 1.82) is 0 Å². The molecule has 0 aliphatic heterocycles. The monoisotopic (exact) mass is 477 g/mol. The van der Waals surface area contributed by atoms with Crippen LogP contribution < -0.4 is 15.5 Å². The first-order valence-electron chi connectivity index (χ1n) is 10.3. The highest BCUT2D eigenvalue weighted by molar-refractivity contribution is 6.30. The van der Waals surface area contributed by atoms with E-state index < -0.39 is 0 Å². The van der Waals surface area contributed by atoms with Crippen LogP contribution in [0.4, 0.5) is 5.69 Å². The Kier molecular flexibility index (Phi) is 7.45. The lowest BCUT2D eigenvalue weighted by atomic mass is 10.0. The minimum absolute atomic E-state index is 0.0778. The van der Waals surface area contributed by atoms with Gasteiger partial charge in [-0.2, -0.15) is 5.10 Å². The van der Waals surface area contributed by atoms with Crippen LogP contribution in [0, 0.1) is 0 Å². The first-order chi connectivity index (χ1) is 16.1. The molecule has 4 aromatic rings. The van der Waals surface area contributed by atoms with Crippen LogP contribution in [0.2, 0.25) is 10.0 Å². The van der Waals surface area contributed by atoms with Gasteiger partial charge in [-0.15, -0.1) is 0 Å². The van der Waals surface area contributed by atoms with Crippen molar-refractivity contribution in [2.45, 2.75) is 6.61 Å². The topological polar surface area (TPSA) is 62.7 Å². The van der Waals surface area contributed by atoms with Crippen LogP contribution in [0.5, 0.6) is 5.75 Å². The molecule has 0 radical (unpaired) electrons. The van der Waals surface area contributed by atoms with Gasteiger partial charge in [-0.25, -0.2) is 5.43 Å². The number of nitrogens with zero attached hydrogens (tertiary/aromatic N) is 1. The van der Waals surface area contributed by atoms with Crippen molar-refractivity contribution in [3.8, 4) is 5.75 Å². The van der Waals surface area contributed by atoms with Crippen molar-refractivity contribution in [1.82, 2.24) is 5.43 Å². The molecular formula is C26H21Cl2N3O2. The molecule has 33 heavy (non-hydrogen) atoms. The number of carbonyl (C=O) groups excluding carboxylic acids is 1. The Balaban J connectivity index is 1.45. The van der Waals surface area contributed by atoms with Crippen LogP contribution in [0.25, 0.3) is 10.8 Å². The van der Waals surface area contributed by atoms with Crippen LogP contribution in [-0.4, -0.2) is 18.7 Å². The number of halogens is 2. The standard InChI is InChI=1S/C26H21Cl2N3O2/c27-20-8-5-18(6-9-20)17-33-25-14-7-19-3-1-2-4-23(19)24(25)15-30-31-26(32)16-29-22-12-10-21(28)11-13-22/h1-15,29H,16-17H2,(H,31,32)/b30-15-. The lowest BCUT2D eigenvalue weighted by molar-refractivity contribution is -0.119. The molecule has 5 nitrogen and oxygen atoms in total. The van der Waals surface area contributed by atoms with Gasteiger partial charge in [0.2, 0.25) is 0 Å². The van der Waals surface area contributed by atoms with Crippen molar-refractivity contribution in [2.75, 3.05) is 11.9 Å². The normalized spacial score (nSPS) is 11.0. The zero-order chi connectivity index (χ0) is 23.0. The lowest BCUT2D eigenvalue weighted by Gasteiger charge is -2.12. The Hall–Kier alpha value is -3.54. The summed E-state index contributed by atoms with van der Waals surface area (Å²) < 4.78 is 6.07. The van der Waals surface area contributed by atoms with E-state index >= 15 is 0 Å². The van der Waals surface area contributed by atoms with E-state index in [1.165, 1.54) is 0 Å². The number of amides is 1. The SMILES string of the molecule is O=C(CNc1ccc(Cl)cc1)N/N=C\c1c(OCc2ccc(Cl)cc2)ccc2ccccc12. The number of benzene rings is 4. The van der Waals surface area contributed by atoms with E-state index in [0.29, 0.717) is 22.4 Å². The third-order valence-electron chi connectivity index (χ3n) is 4.92. The predicted molar refractivity (Wildman–Crippen MR) is 135 cm³/mol. The fourth-order valence-corrected chi connectivity index (χ4v) is 3.49. The summed E-state index contributed by atoms with van der Waals surface area (Å²) in [4.78, 5) is 12.2. The smallest absolute Gasteiger partial charge is 0.259 e. The number of fused-ring (bicyclic) bond motifs is 1. The predicted octanol–water partition coefficient (Wildman–Crippen LogP) is 6.29. The second-order valence-electron chi connectivity index (χ2n) is 7.27. The molecule has 166 valence electrons. The van der Waals surface area contributed by atoms with Crippen molar-refractivity contribution in [3.63, 3.8) is 0 Å². The molecule has 0 saturated heterocycles. The molecule has 0 aliphatic carbocycles. The maximum atomic E-state index is 12.2. The minimum Gasteiger partial charge on any atom is -0.488 e. The Labute approximate surface area is 202 Å². The summed E-state index contributed by atoms with van der Waals surface area (Å²) in [6.45, 7) is 0.460. The van der Waals surface area contributed by atoms with Gasteiger partial charge in [-0.3, -0.25) is 4.79 Å². The second kappa shape index (κ2) is 10.9. The summed E-state index contributed by atoms with van der Waals surface area (Å²) in [7, 11) is 0. The van der Waals surface area contributed by atoms with Crippen LogP contribution >= 0.6 is 23.2 Å². The van der Waals surface area contributed by atoms with Gasteiger partial charge in [0.05, 0.1) is 12.8 Å². The first kappa shape index (κ1) is 22.6. The number of hydrogen-bond acceptors (Lipinski definition) is 4. The van der Waals surface area contributed by atoms with Gasteiger partial charge in [-0.05, 0) is 58.8 Å². The summed E-state index contributed by atoms with van der Waals surface area (Å²) >= 11 is 11.8. The van der Waals surface area contributed by atoms with Crippen LogP contribution in [0.3, 0.4) is 0 Å². The fraction of sp³-hybridized carbons (Fsp3) is 0.0769. The van der Waals surface area contributed by atoms with Gasteiger partial charge < -0.3 is 10.1 Å². The molecular weight excluding hydrogens is 457 g/mol. The van der Waals surface area contributed by atoms with Gasteiger partial charge in [0.15, 0.2) is 0 Å². The summed E-state index contributed by atoms with van der Waals surface area (Å²) in [5.41, 5.74) is 5.14. The van der Waals surface area contributed by atoms with E-state index in [0.717, 1.165) is 27.6 Å². The van der Waals surface area contributed by atoms with E-state index in [-0.39, 0.29) is 12.5 Å². The molecule has 0 unspecified atom stereocenters. The maximum Gasteiger partial charge on any atom is 0.259 e. The molecule has 2 N–H and O–H groups in total. The zero-order valence-electron chi connectivity index (χ0n) is 17.6. The van der Waals surface area contributed by atoms with Gasteiger partial charge in [0, 0.05) is 21.3 Å². The molecule has 4 rings (SSSR count). The third kappa shape index (κ3) is 6.25. The van der Waals surface area contributed by atoms with Crippen LogP contribution in [-0.2, 0) is 11.4 Å². The fourth-order valence-electron chi connectivity index (χ4n) is 3.23. The number of hydrogen-bond donors (Lipinski definition) is 2. The summed E-state index contributed by atoms with van der Waals surface area (Å²) in [6.07, 6.45) is 1.61. The number of hydrazone groups is 1. The summed E-state index contributed by atoms with van der Waals surface area (Å²) in [6, 6.07) is 26.5. The van der Waals surface area contributed by atoms with Gasteiger partial charge >= 0.3 is 0 Å². The molecule has 1 amide bonds. The number of ether oxygens (including phenoxy) is 1. The molecule has 0 heterocycles. The van der Waals surface area contributed by atoms with Gasteiger partial charge in [0.25, 0.3) is 5.91 Å². The third-order valence-corrected chi connectivity index (χ3v) is 5.42. The highest BCUT2D eigenvalue weighted by Crippen LogP contribution is 2.27. The molecule has 0 spiro atoms. The Morgan fingerprint density at radius 3 is 2.33 bits per heavy atom. The van der Waals surface area contributed by atoms with Gasteiger partial charge in [-0.1, -0.05) is 65.7 Å². The van der Waals surface area contributed by atoms with Crippen molar-refractivity contribution in [2.24, 2.45) is 5.10 Å². The number of rotatable bonds is 8. The van der Waals surface area contributed by atoms with E-state index in [4.69, 9.17) is 27.9 Å². The van der Waals surface area contributed by atoms with E-state index in [2.05, 4.69) is 15.8 Å². The first-order valence-corrected chi connectivity index (χ1v) is 11.0. The summed E-state index contributed by atoms with van der Waals surface area (Å²) in [5.74, 6) is 0.394. The molecule has 0 atom stereocenters. The Bertz CT molecular complexity index is 1270. The molecule has 0 aromatic heterocycles. The second-order valence-corrected chi connectivity index (χ2v) is 8.14. The number of nitrogens with one attached hydrogen (secondary N) is 2. The minimum atomic E-state index is -0.273. The lowest BCUT2D eigenvalue weighted by Crippen LogP contribution is -2.25. The van der Waals surface area contributed by atoms with E-state index in [1.807, 2.05) is 60.7 Å². The molecule has 0 aliphatic rings. The zero-order valence-corrected chi connectivity index (χ0v) is 19.1. The van der Waals surface area contributed by atoms with Crippen LogP contribution in [0.15, 0.2) is 90.0 Å². The molecule has 7 heteroatoms. The van der Waals surface area contributed by atoms with Crippen LogP contribution in [0.1, 0.15) is 11.1 Å².